The highest BCUT2D eigenvalue weighted by molar-refractivity contribution is 7.99. The molecular formula is C14H23SSi. The van der Waals surface area contributed by atoms with Crippen molar-refractivity contribution in [2.45, 2.75) is 50.6 Å². The first-order valence-corrected chi connectivity index (χ1v) is 8.80. The highest BCUT2D eigenvalue weighted by Gasteiger charge is 2.24. The van der Waals surface area contributed by atoms with E-state index in [2.05, 4.69) is 58.9 Å². The lowest BCUT2D eigenvalue weighted by molar-refractivity contribution is 0.949. The fraction of sp³-hybridized carbons (Fsp3) is 0.571. The number of benzene rings is 1. The van der Waals surface area contributed by atoms with Crippen LogP contribution in [-0.2, 0) is 0 Å². The van der Waals surface area contributed by atoms with Gasteiger partial charge in [0.15, 0.2) is 0 Å². The highest BCUT2D eigenvalue weighted by atomic mass is 32.2. The molecule has 0 aliphatic rings. The quantitative estimate of drug-likeness (QED) is 0.555. The molecule has 0 amide bonds. The lowest BCUT2D eigenvalue weighted by Gasteiger charge is -2.25. The minimum absolute atomic E-state index is 0.429. The van der Waals surface area contributed by atoms with E-state index in [-0.39, 0.29) is 0 Å². The maximum Gasteiger partial charge on any atom is 0.0925 e. The van der Waals surface area contributed by atoms with Gasteiger partial charge in [-0.05, 0) is 28.1 Å². The smallest absolute Gasteiger partial charge is 0.0925 e. The molecule has 0 bridgehead atoms. The van der Waals surface area contributed by atoms with Gasteiger partial charge in [0.05, 0.1) is 8.80 Å². The predicted molar refractivity (Wildman–Crippen MR) is 78.4 cm³/mol. The van der Waals surface area contributed by atoms with Gasteiger partial charge in [0.25, 0.3) is 0 Å². The van der Waals surface area contributed by atoms with Gasteiger partial charge in [-0.1, -0.05) is 52.8 Å². The van der Waals surface area contributed by atoms with Crippen molar-refractivity contribution in [3.63, 3.8) is 0 Å². The standard InChI is InChI=1S/C14H23SSi/c1-6-15-13-9-7-8-10-14(13)16(11(2)3)12(4)5/h7-12H,6H2,1-5H3. The summed E-state index contributed by atoms with van der Waals surface area (Å²) in [6.45, 7) is 11.7. The second-order valence-electron chi connectivity index (χ2n) is 4.69. The minimum atomic E-state index is -0.429. The minimum Gasteiger partial charge on any atom is -0.127 e. The average molecular weight is 251 g/mol. The van der Waals surface area contributed by atoms with E-state index in [0.29, 0.717) is 0 Å². The van der Waals surface area contributed by atoms with Crippen molar-refractivity contribution in [1.29, 1.82) is 0 Å². The zero-order chi connectivity index (χ0) is 12.1. The first-order chi connectivity index (χ1) is 7.57. The molecule has 0 aliphatic carbocycles. The van der Waals surface area contributed by atoms with Gasteiger partial charge >= 0.3 is 0 Å². The molecule has 0 heterocycles. The van der Waals surface area contributed by atoms with Crippen LogP contribution < -0.4 is 5.19 Å². The maximum atomic E-state index is 2.38. The van der Waals surface area contributed by atoms with Crippen LogP contribution in [-0.4, -0.2) is 14.5 Å². The van der Waals surface area contributed by atoms with Gasteiger partial charge in [0.1, 0.15) is 0 Å². The molecule has 1 aromatic carbocycles. The zero-order valence-corrected chi connectivity index (χ0v) is 12.9. The largest absolute Gasteiger partial charge is 0.127 e. The molecule has 2 heteroatoms. The normalized spacial score (nSPS) is 11.8. The second-order valence-corrected chi connectivity index (χ2v) is 9.76. The zero-order valence-electron chi connectivity index (χ0n) is 11.1. The monoisotopic (exact) mass is 251 g/mol. The van der Waals surface area contributed by atoms with Crippen molar-refractivity contribution >= 4 is 25.7 Å². The van der Waals surface area contributed by atoms with Crippen LogP contribution in [0.1, 0.15) is 34.6 Å². The molecule has 0 aromatic heterocycles. The van der Waals surface area contributed by atoms with Crippen molar-refractivity contribution in [1.82, 2.24) is 0 Å². The summed E-state index contributed by atoms with van der Waals surface area (Å²) in [5, 5.41) is 1.64. The molecule has 1 aromatic rings. The molecule has 0 nitrogen and oxygen atoms in total. The summed E-state index contributed by atoms with van der Waals surface area (Å²) in [7, 11) is -0.429. The van der Waals surface area contributed by atoms with Gasteiger partial charge in [0, 0.05) is 4.90 Å². The Kier molecular flexibility index (Phi) is 5.63. The fourth-order valence-corrected chi connectivity index (χ4v) is 6.79. The third-order valence-corrected chi connectivity index (χ3v) is 7.42. The van der Waals surface area contributed by atoms with E-state index in [4.69, 9.17) is 0 Å². The SMILES string of the molecule is CCSc1ccccc1[Si](C(C)C)C(C)C. The van der Waals surface area contributed by atoms with Gasteiger partial charge < -0.3 is 0 Å². The topological polar surface area (TPSA) is 0 Å². The van der Waals surface area contributed by atoms with Crippen molar-refractivity contribution in [3.8, 4) is 0 Å². The number of thioether (sulfide) groups is 1. The van der Waals surface area contributed by atoms with E-state index in [1.54, 1.807) is 5.19 Å². The summed E-state index contributed by atoms with van der Waals surface area (Å²) in [5.41, 5.74) is 1.62. The van der Waals surface area contributed by atoms with Crippen LogP contribution in [0, 0.1) is 0 Å². The van der Waals surface area contributed by atoms with Crippen LogP contribution in [0.25, 0.3) is 0 Å². The summed E-state index contributed by atoms with van der Waals surface area (Å²) in [6, 6.07) is 9.01. The Hall–Kier alpha value is -0.213. The second kappa shape index (κ2) is 6.50. The van der Waals surface area contributed by atoms with E-state index < -0.39 is 8.80 Å². The first kappa shape index (κ1) is 13.9. The highest BCUT2D eigenvalue weighted by Crippen LogP contribution is 2.24. The van der Waals surface area contributed by atoms with Crippen LogP contribution in [0.3, 0.4) is 0 Å². The van der Waals surface area contributed by atoms with E-state index in [0.717, 1.165) is 11.1 Å². The van der Waals surface area contributed by atoms with Gasteiger partial charge in [-0.3, -0.25) is 0 Å². The van der Waals surface area contributed by atoms with Crippen LogP contribution >= 0.6 is 11.8 Å². The van der Waals surface area contributed by atoms with Gasteiger partial charge in [-0.2, -0.15) is 0 Å². The molecule has 0 N–H and O–H groups in total. The van der Waals surface area contributed by atoms with Gasteiger partial charge in [0.2, 0.25) is 0 Å². The van der Waals surface area contributed by atoms with Crippen LogP contribution in [0.5, 0.6) is 0 Å². The summed E-state index contributed by atoms with van der Waals surface area (Å²) in [4.78, 5) is 1.52. The first-order valence-electron chi connectivity index (χ1n) is 6.16. The Morgan fingerprint density at radius 2 is 1.62 bits per heavy atom. The van der Waals surface area contributed by atoms with Crippen LogP contribution in [0.15, 0.2) is 29.2 Å². The lowest BCUT2D eigenvalue weighted by Crippen LogP contribution is -2.37. The van der Waals surface area contributed by atoms with Crippen molar-refractivity contribution in [2.24, 2.45) is 0 Å². The number of rotatable bonds is 5. The Bertz CT molecular complexity index is 312. The fourth-order valence-electron chi connectivity index (χ4n) is 2.28. The molecule has 0 saturated carbocycles. The predicted octanol–water partition coefficient (Wildman–Crippen LogP) is 4.32. The Labute approximate surface area is 106 Å². The van der Waals surface area contributed by atoms with E-state index in [9.17, 15) is 0 Å². The third kappa shape index (κ3) is 3.39. The molecule has 0 unspecified atom stereocenters. The van der Waals surface area contributed by atoms with E-state index in [1.807, 2.05) is 11.8 Å². The Morgan fingerprint density at radius 3 is 2.12 bits per heavy atom. The van der Waals surface area contributed by atoms with Crippen molar-refractivity contribution < 1.29 is 0 Å². The van der Waals surface area contributed by atoms with Crippen LogP contribution in [0.4, 0.5) is 0 Å². The molecule has 1 radical (unpaired) electrons. The number of hydrogen-bond donors (Lipinski definition) is 0. The molecule has 0 fully saturated rings. The Balaban J connectivity index is 3.07. The van der Waals surface area contributed by atoms with E-state index >= 15 is 0 Å². The summed E-state index contributed by atoms with van der Waals surface area (Å²) < 4.78 is 0. The molecule has 0 spiro atoms. The maximum absolute atomic E-state index is 2.38. The Morgan fingerprint density at radius 1 is 1.06 bits per heavy atom. The van der Waals surface area contributed by atoms with Crippen molar-refractivity contribution in [3.05, 3.63) is 24.3 Å². The molecule has 0 aliphatic heterocycles. The van der Waals surface area contributed by atoms with E-state index in [1.165, 1.54) is 10.6 Å². The van der Waals surface area contributed by atoms with Gasteiger partial charge in [-0.25, -0.2) is 0 Å². The summed E-state index contributed by atoms with van der Waals surface area (Å²) in [6.07, 6.45) is 0. The molecule has 89 valence electrons. The van der Waals surface area contributed by atoms with Gasteiger partial charge in [-0.15, -0.1) is 11.8 Å². The lowest BCUT2D eigenvalue weighted by atomic mass is 10.4. The average Bonchev–Trinajstić information content (AvgIpc) is 2.20. The third-order valence-electron chi connectivity index (χ3n) is 2.74. The van der Waals surface area contributed by atoms with Crippen LogP contribution in [0.2, 0.25) is 11.1 Å². The molecule has 16 heavy (non-hydrogen) atoms. The summed E-state index contributed by atoms with van der Waals surface area (Å²) in [5.74, 6) is 1.17. The summed E-state index contributed by atoms with van der Waals surface area (Å²) >= 11 is 1.99. The molecular weight excluding hydrogens is 228 g/mol. The molecule has 0 atom stereocenters. The van der Waals surface area contributed by atoms with Crippen molar-refractivity contribution in [2.75, 3.05) is 5.75 Å². The molecule has 0 saturated heterocycles. The molecule has 1 rings (SSSR count). The number of hydrogen-bond acceptors (Lipinski definition) is 1.